The Morgan fingerprint density at radius 2 is 2.29 bits per heavy atom. The lowest BCUT2D eigenvalue weighted by molar-refractivity contribution is 0.687. The Morgan fingerprint density at radius 3 is 2.93 bits per heavy atom. The Hall–Kier alpha value is -1.42. The van der Waals surface area contributed by atoms with Crippen LogP contribution in [0.3, 0.4) is 0 Å². The minimum absolute atomic E-state index is 0.201. The second-order valence-electron chi connectivity index (χ2n) is 4.07. The third-order valence-electron chi connectivity index (χ3n) is 2.86. The van der Waals surface area contributed by atoms with Crippen LogP contribution in [-0.2, 0) is 5.54 Å². The third kappa shape index (κ3) is 0.974. The summed E-state index contributed by atoms with van der Waals surface area (Å²) >= 11 is 0. The van der Waals surface area contributed by atoms with Crippen molar-refractivity contribution in [2.75, 3.05) is 0 Å². The molecule has 0 aromatic carbocycles. The van der Waals surface area contributed by atoms with Crippen molar-refractivity contribution in [3.8, 4) is 0 Å². The maximum atomic E-state index is 6.06. The number of aryl methyl sites for hydroxylation is 1. The number of fused-ring (bicyclic) bond motifs is 1. The van der Waals surface area contributed by atoms with Gasteiger partial charge in [0.1, 0.15) is 5.82 Å². The van der Waals surface area contributed by atoms with E-state index in [0.717, 1.165) is 35.4 Å². The SMILES string of the molecule is Cc1ccnc2nc(C3(N)CC3)[nH]c12. The summed E-state index contributed by atoms with van der Waals surface area (Å²) in [6.45, 7) is 2.04. The molecule has 2 aromatic rings. The largest absolute Gasteiger partial charge is 0.339 e. The summed E-state index contributed by atoms with van der Waals surface area (Å²) in [5.41, 5.74) is 8.81. The van der Waals surface area contributed by atoms with Gasteiger partial charge in [0.25, 0.3) is 0 Å². The molecule has 0 atom stereocenters. The van der Waals surface area contributed by atoms with E-state index in [4.69, 9.17) is 5.73 Å². The van der Waals surface area contributed by atoms with Gasteiger partial charge in [-0.2, -0.15) is 0 Å². The number of nitrogens with two attached hydrogens (primary N) is 1. The van der Waals surface area contributed by atoms with Crippen molar-refractivity contribution in [3.05, 3.63) is 23.7 Å². The van der Waals surface area contributed by atoms with E-state index in [0.29, 0.717) is 0 Å². The Morgan fingerprint density at radius 1 is 1.50 bits per heavy atom. The third-order valence-corrected chi connectivity index (χ3v) is 2.86. The Kier molecular flexibility index (Phi) is 1.32. The van der Waals surface area contributed by atoms with Gasteiger partial charge in [-0.15, -0.1) is 0 Å². The highest BCUT2D eigenvalue weighted by atomic mass is 15.1. The van der Waals surface area contributed by atoms with Crippen LogP contribution in [0.2, 0.25) is 0 Å². The first-order chi connectivity index (χ1) is 6.69. The zero-order valence-corrected chi connectivity index (χ0v) is 8.04. The molecule has 0 aliphatic heterocycles. The summed E-state index contributed by atoms with van der Waals surface area (Å²) in [6.07, 6.45) is 3.82. The normalized spacial score (nSPS) is 18.7. The Labute approximate surface area is 81.6 Å². The quantitative estimate of drug-likeness (QED) is 0.707. The van der Waals surface area contributed by atoms with Crippen molar-refractivity contribution in [2.24, 2.45) is 5.73 Å². The van der Waals surface area contributed by atoms with Gasteiger partial charge in [-0.25, -0.2) is 9.97 Å². The molecule has 4 nitrogen and oxygen atoms in total. The van der Waals surface area contributed by atoms with Crippen LogP contribution in [0.4, 0.5) is 0 Å². The molecule has 0 saturated heterocycles. The fourth-order valence-electron chi connectivity index (χ4n) is 1.64. The van der Waals surface area contributed by atoms with Crippen LogP contribution in [0.25, 0.3) is 11.2 Å². The zero-order valence-electron chi connectivity index (χ0n) is 8.04. The number of H-pyrrole nitrogens is 1. The summed E-state index contributed by atoms with van der Waals surface area (Å²) in [6, 6.07) is 1.97. The molecule has 1 aliphatic carbocycles. The maximum Gasteiger partial charge on any atom is 0.178 e. The van der Waals surface area contributed by atoms with E-state index in [1.165, 1.54) is 0 Å². The number of aromatic nitrogens is 3. The van der Waals surface area contributed by atoms with Crippen LogP contribution in [0.1, 0.15) is 24.2 Å². The van der Waals surface area contributed by atoms with Gasteiger partial charge in [-0.1, -0.05) is 0 Å². The average molecular weight is 188 g/mol. The molecule has 72 valence electrons. The van der Waals surface area contributed by atoms with Gasteiger partial charge in [-0.05, 0) is 31.4 Å². The molecule has 1 aliphatic rings. The van der Waals surface area contributed by atoms with E-state index in [1.54, 1.807) is 6.20 Å². The number of aromatic amines is 1. The zero-order chi connectivity index (χ0) is 9.76. The molecule has 3 N–H and O–H groups in total. The molecule has 2 aromatic heterocycles. The van der Waals surface area contributed by atoms with Crippen LogP contribution in [0.15, 0.2) is 12.3 Å². The molecular formula is C10H12N4. The number of pyridine rings is 1. The predicted octanol–water partition coefficient (Wildman–Crippen LogP) is 1.21. The van der Waals surface area contributed by atoms with Crippen LogP contribution in [-0.4, -0.2) is 15.0 Å². The highest BCUT2D eigenvalue weighted by molar-refractivity contribution is 5.74. The van der Waals surface area contributed by atoms with Crippen molar-refractivity contribution in [3.63, 3.8) is 0 Å². The van der Waals surface area contributed by atoms with E-state index >= 15 is 0 Å². The summed E-state index contributed by atoms with van der Waals surface area (Å²) in [5, 5.41) is 0. The number of nitrogens with zero attached hydrogens (tertiary/aromatic N) is 2. The smallest absolute Gasteiger partial charge is 0.178 e. The highest BCUT2D eigenvalue weighted by Crippen LogP contribution is 2.41. The fraction of sp³-hybridized carbons (Fsp3) is 0.400. The lowest BCUT2D eigenvalue weighted by Gasteiger charge is -2.01. The van der Waals surface area contributed by atoms with Crippen molar-refractivity contribution >= 4 is 11.2 Å². The van der Waals surface area contributed by atoms with Crippen molar-refractivity contribution < 1.29 is 0 Å². The molecule has 0 bridgehead atoms. The number of hydrogen-bond donors (Lipinski definition) is 2. The molecule has 1 saturated carbocycles. The number of rotatable bonds is 1. The van der Waals surface area contributed by atoms with Crippen LogP contribution in [0.5, 0.6) is 0 Å². The molecule has 1 fully saturated rings. The molecular weight excluding hydrogens is 176 g/mol. The molecule has 0 unspecified atom stereocenters. The molecule has 0 spiro atoms. The van der Waals surface area contributed by atoms with Gasteiger partial charge in [0.15, 0.2) is 5.65 Å². The van der Waals surface area contributed by atoms with Crippen molar-refractivity contribution in [2.45, 2.75) is 25.3 Å². The van der Waals surface area contributed by atoms with Gasteiger partial charge >= 0.3 is 0 Å². The van der Waals surface area contributed by atoms with E-state index < -0.39 is 0 Å². The predicted molar refractivity (Wildman–Crippen MR) is 53.7 cm³/mol. The lowest BCUT2D eigenvalue weighted by Crippen LogP contribution is -2.20. The summed E-state index contributed by atoms with van der Waals surface area (Å²) in [4.78, 5) is 11.9. The monoisotopic (exact) mass is 188 g/mol. The maximum absolute atomic E-state index is 6.06. The van der Waals surface area contributed by atoms with Gasteiger partial charge in [-0.3, -0.25) is 0 Å². The van der Waals surface area contributed by atoms with Crippen LogP contribution in [0, 0.1) is 6.92 Å². The highest BCUT2D eigenvalue weighted by Gasteiger charge is 2.43. The Balaban J connectivity index is 2.25. The number of nitrogens with one attached hydrogen (secondary N) is 1. The van der Waals surface area contributed by atoms with Crippen molar-refractivity contribution in [1.82, 2.24) is 15.0 Å². The average Bonchev–Trinajstić information content (AvgIpc) is 2.77. The summed E-state index contributed by atoms with van der Waals surface area (Å²) in [5.74, 6) is 0.884. The van der Waals surface area contributed by atoms with Gasteiger partial charge in [0.05, 0.1) is 11.1 Å². The van der Waals surface area contributed by atoms with Gasteiger partial charge in [0, 0.05) is 6.20 Å². The van der Waals surface area contributed by atoms with E-state index in [2.05, 4.69) is 15.0 Å². The van der Waals surface area contributed by atoms with Crippen LogP contribution < -0.4 is 5.73 Å². The first-order valence-corrected chi connectivity index (χ1v) is 4.80. The summed E-state index contributed by atoms with van der Waals surface area (Å²) in [7, 11) is 0. The van der Waals surface area contributed by atoms with Crippen molar-refractivity contribution in [1.29, 1.82) is 0 Å². The summed E-state index contributed by atoms with van der Waals surface area (Å²) < 4.78 is 0. The first-order valence-electron chi connectivity index (χ1n) is 4.80. The molecule has 2 heterocycles. The minimum Gasteiger partial charge on any atom is -0.339 e. The fourth-order valence-corrected chi connectivity index (χ4v) is 1.64. The molecule has 3 rings (SSSR count). The number of hydrogen-bond acceptors (Lipinski definition) is 3. The second kappa shape index (κ2) is 2.33. The number of imidazole rings is 1. The molecule has 0 radical (unpaired) electrons. The van der Waals surface area contributed by atoms with Gasteiger partial charge < -0.3 is 10.7 Å². The van der Waals surface area contributed by atoms with Crippen LogP contribution >= 0.6 is 0 Å². The minimum atomic E-state index is -0.201. The van der Waals surface area contributed by atoms with E-state index in [-0.39, 0.29) is 5.54 Å². The van der Waals surface area contributed by atoms with E-state index in [9.17, 15) is 0 Å². The standard InChI is InChI=1S/C10H12N4/c1-6-2-5-12-8-7(6)13-9(14-8)10(11)3-4-10/h2,5H,3-4,11H2,1H3,(H,12,13,14). The Bertz CT molecular complexity index is 496. The first kappa shape index (κ1) is 7.94. The molecule has 14 heavy (non-hydrogen) atoms. The molecule has 4 heteroatoms. The van der Waals surface area contributed by atoms with E-state index in [1.807, 2.05) is 13.0 Å². The van der Waals surface area contributed by atoms with Gasteiger partial charge in [0.2, 0.25) is 0 Å². The topological polar surface area (TPSA) is 67.6 Å². The lowest BCUT2D eigenvalue weighted by atomic mass is 10.3. The molecule has 0 amide bonds. The second-order valence-corrected chi connectivity index (χ2v) is 4.07.